The van der Waals surface area contributed by atoms with Gasteiger partial charge in [-0.15, -0.1) is 0 Å². The summed E-state index contributed by atoms with van der Waals surface area (Å²) in [4.78, 5) is 14.8. The lowest BCUT2D eigenvalue weighted by atomic mass is 10.2. The highest BCUT2D eigenvalue weighted by Crippen LogP contribution is 2.27. The zero-order valence-corrected chi connectivity index (χ0v) is 12.6. The molecule has 0 saturated carbocycles. The number of nitrogens with zero attached hydrogens (tertiary/aromatic N) is 1. The van der Waals surface area contributed by atoms with Crippen LogP contribution >= 0.6 is 12.2 Å². The Morgan fingerprint density at radius 3 is 2.90 bits per heavy atom. The molecule has 2 aromatic rings. The van der Waals surface area contributed by atoms with Crippen molar-refractivity contribution in [2.75, 3.05) is 13.7 Å². The van der Waals surface area contributed by atoms with Gasteiger partial charge in [0, 0.05) is 0 Å². The van der Waals surface area contributed by atoms with Gasteiger partial charge in [-0.05, 0) is 37.7 Å². The van der Waals surface area contributed by atoms with Gasteiger partial charge in [0.25, 0.3) is 0 Å². The predicted octanol–water partition coefficient (Wildman–Crippen LogP) is 3.22. The fourth-order valence-corrected chi connectivity index (χ4v) is 2.47. The van der Waals surface area contributed by atoms with Gasteiger partial charge >= 0.3 is 5.97 Å². The number of imidazole rings is 1. The maximum absolute atomic E-state index is 11.7. The molecule has 1 heterocycles. The minimum atomic E-state index is -0.484. The zero-order chi connectivity index (χ0) is 14.7. The Hall–Kier alpha value is -1.82. The average molecular weight is 294 g/mol. The van der Waals surface area contributed by atoms with Gasteiger partial charge in [0.2, 0.25) is 0 Å². The smallest absolute Gasteiger partial charge is 0.328 e. The maximum atomic E-state index is 11.7. The van der Waals surface area contributed by atoms with E-state index in [-0.39, 0.29) is 5.97 Å². The lowest BCUT2D eigenvalue weighted by Gasteiger charge is -2.12. The first-order chi connectivity index (χ1) is 9.60. The second-order valence-corrected chi connectivity index (χ2v) is 4.88. The van der Waals surface area contributed by atoms with E-state index >= 15 is 0 Å². The van der Waals surface area contributed by atoms with Crippen LogP contribution in [0, 0.1) is 4.77 Å². The highest BCUT2D eigenvalue weighted by Gasteiger charge is 2.20. The Bertz CT molecular complexity index is 675. The third-order valence-electron chi connectivity index (χ3n) is 3.11. The summed E-state index contributed by atoms with van der Waals surface area (Å²) in [6.45, 7) is 4.44. The summed E-state index contributed by atoms with van der Waals surface area (Å²) in [5, 5.41) is 0. The number of hydrogen-bond acceptors (Lipinski definition) is 4. The SMILES string of the molecule is CCCOc1cccc2c1[nH]c(=S)n2C(C)C(=O)OC. The average Bonchev–Trinajstić information content (AvgIpc) is 2.79. The van der Waals surface area contributed by atoms with Crippen LogP contribution in [0.15, 0.2) is 18.2 Å². The van der Waals surface area contributed by atoms with Crippen molar-refractivity contribution in [2.45, 2.75) is 26.3 Å². The Morgan fingerprint density at radius 1 is 1.50 bits per heavy atom. The number of nitrogens with one attached hydrogen (secondary N) is 1. The molecule has 0 fully saturated rings. The molecule has 20 heavy (non-hydrogen) atoms. The number of aromatic amines is 1. The van der Waals surface area contributed by atoms with E-state index in [9.17, 15) is 4.79 Å². The van der Waals surface area contributed by atoms with Crippen molar-refractivity contribution in [2.24, 2.45) is 0 Å². The molecule has 2 rings (SSSR count). The van der Waals surface area contributed by atoms with Crippen LogP contribution in [-0.2, 0) is 9.53 Å². The number of benzene rings is 1. The summed E-state index contributed by atoms with van der Waals surface area (Å²) in [7, 11) is 1.37. The second-order valence-electron chi connectivity index (χ2n) is 4.50. The van der Waals surface area contributed by atoms with E-state index in [0.717, 1.165) is 23.2 Å². The van der Waals surface area contributed by atoms with E-state index in [0.29, 0.717) is 11.4 Å². The number of aromatic nitrogens is 2. The highest BCUT2D eigenvalue weighted by molar-refractivity contribution is 7.71. The first-order valence-electron chi connectivity index (χ1n) is 6.54. The minimum absolute atomic E-state index is 0.332. The van der Waals surface area contributed by atoms with Gasteiger partial charge in [-0.3, -0.25) is 0 Å². The summed E-state index contributed by atoms with van der Waals surface area (Å²) < 4.78 is 12.7. The van der Waals surface area contributed by atoms with Gasteiger partial charge in [-0.25, -0.2) is 4.79 Å². The molecule has 6 heteroatoms. The summed E-state index contributed by atoms with van der Waals surface area (Å²) in [5.41, 5.74) is 1.64. The number of esters is 1. The van der Waals surface area contributed by atoms with Crippen LogP contribution in [0.5, 0.6) is 5.75 Å². The molecule has 0 saturated heterocycles. The standard InChI is InChI=1S/C14H18N2O3S/c1-4-8-19-11-7-5-6-10-12(11)15-14(20)16(10)9(2)13(17)18-3/h5-7,9H,4,8H2,1-3H3,(H,15,20). The van der Waals surface area contributed by atoms with Crippen LogP contribution in [0.4, 0.5) is 0 Å². The molecule has 1 atom stereocenters. The molecular formula is C14H18N2O3S. The quantitative estimate of drug-likeness (QED) is 0.679. The van der Waals surface area contributed by atoms with E-state index in [2.05, 4.69) is 4.98 Å². The van der Waals surface area contributed by atoms with Crippen LogP contribution < -0.4 is 4.74 Å². The van der Waals surface area contributed by atoms with Crippen molar-refractivity contribution in [1.82, 2.24) is 9.55 Å². The third kappa shape index (κ3) is 2.56. The first kappa shape index (κ1) is 14.6. The monoisotopic (exact) mass is 294 g/mol. The van der Waals surface area contributed by atoms with Crippen LogP contribution in [0.3, 0.4) is 0 Å². The van der Waals surface area contributed by atoms with Crippen molar-refractivity contribution in [3.63, 3.8) is 0 Å². The molecule has 0 aliphatic carbocycles. The Kier molecular flexibility index (Phi) is 4.44. The Labute approximate surface area is 122 Å². The van der Waals surface area contributed by atoms with Crippen LogP contribution in [-0.4, -0.2) is 29.2 Å². The maximum Gasteiger partial charge on any atom is 0.328 e. The van der Waals surface area contributed by atoms with Crippen LogP contribution in [0.1, 0.15) is 26.3 Å². The number of carbonyl (C=O) groups is 1. The molecule has 0 bridgehead atoms. The van der Waals surface area contributed by atoms with Crippen LogP contribution in [0.2, 0.25) is 0 Å². The van der Waals surface area contributed by atoms with Crippen molar-refractivity contribution >= 4 is 29.2 Å². The molecule has 0 radical (unpaired) electrons. The molecule has 1 unspecified atom stereocenters. The fourth-order valence-electron chi connectivity index (χ4n) is 2.12. The molecule has 1 N–H and O–H groups in total. The summed E-state index contributed by atoms with van der Waals surface area (Å²) >= 11 is 5.31. The second kappa shape index (κ2) is 6.09. The van der Waals surface area contributed by atoms with Gasteiger partial charge in [0.15, 0.2) is 4.77 Å². The number of hydrogen-bond donors (Lipinski definition) is 1. The Morgan fingerprint density at radius 2 is 2.25 bits per heavy atom. The van der Waals surface area contributed by atoms with E-state index in [1.807, 2.05) is 25.1 Å². The number of fused-ring (bicyclic) bond motifs is 1. The molecule has 0 spiro atoms. The van der Waals surface area contributed by atoms with Crippen molar-refractivity contribution in [1.29, 1.82) is 0 Å². The van der Waals surface area contributed by atoms with Crippen molar-refractivity contribution < 1.29 is 14.3 Å². The molecule has 0 aliphatic rings. The number of para-hydroxylation sites is 1. The summed E-state index contributed by atoms with van der Waals surface area (Å²) in [6.07, 6.45) is 0.927. The van der Waals surface area contributed by atoms with Gasteiger partial charge < -0.3 is 19.0 Å². The lowest BCUT2D eigenvalue weighted by Crippen LogP contribution is -2.17. The molecule has 1 aromatic carbocycles. The molecule has 108 valence electrons. The molecule has 0 amide bonds. The van der Waals surface area contributed by atoms with Gasteiger partial charge in [0.05, 0.1) is 19.2 Å². The highest BCUT2D eigenvalue weighted by atomic mass is 32.1. The summed E-state index contributed by atoms with van der Waals surface area (Å²) in [6, 6.07) is 5.19. The van der Waals surface area contributed by atoms with Gasteiger partial charge in [0.1, 0.15) is 17.3 Å². The molecule has 1 aromatic heterocycles. The first-order valence-corrected chi connectivity index (χ1v) is 6.94. The summed E-state index contributed by atoms with van der Waals surface area (Å²) in [5.74, 6) is 0.410. The number of rotatable bonds is 5. The minimum Gasteiger partial charge on any atom is -0.491 e. The number of ether oxygens (including phenoxy) is 2. The normalized spacial score (nSPS) is 12.3. The molecule has 0 aliphatic heterocycles. The number of methoxy groups -OCH3 is 1. The topological polar surface area (TPSA) is 56.2 Å². The van der Waals surface area contributed by atoms with E-state index < -0.39 is 6.04 Å². The van der Waals surface area contributed by atoms with Gasteiger partial charge in [-0.1, -0.05) is 13.0 Å². The van der Waals surface area contributed by atoms with Gasteiger partial charge in [-0.2, -0.15) is 0 Å². The van der Waals surface area contributed by atoms with Crippen molar-refractivity contribution in [3.8, 4) is 5.75 Å². The predicted molar refractivity (Wildman–Crippen MR) is 79.6 cm³/mol. The number of H-pyrrole nitrogens is 1. The van der Waals surface area contributed by atoms with Crippen LogP contribution in [0.25, 0.3) is 11.0 Å². The van der Waals surface area contributed by atoms with E-state index in [1.165, 1.54) is 7.11 Å². The number of carbonyl (C=O) groups excluding carboxylic acids is 1. The fraction of sp³-hybridized carbons (Fsp3) is 0.429. The third-order valence-corrected chi connectivity index (χ3v) is 3.40. The molecular weight excluding hydrogens is 276 g/mol. The van der Waals surface area contributed by atoms with E-state index in [1.54, 1.807) is 11.5 Å². The molecule has 5 nitrogen and oxygen atoms in total. The Balaban J connectivity index is 2.55. The lowest BCUT2D eigenvalue weighted by molar-refractivity contribution is -0.143. The van der Waals surface area contributed by atoms with E-state index in [4.69, 9.17) is 21.7 Å². The zero-order valence-electron chi connectivity index (χ0n) is 11.8. The van der Waals surface area contributed by atoms with Crippen molar-refractivity contribution in [3.05, 3.63) is 23.0 Å². The largest absolute Gasteiger partial charge is 0.491 e.